The Kier molecular flexibility index (Phi) is 3.85. The fourth-order valence-corrected chi connectivity index (χ4v) is 5.09. The zero-order valence-corrected chi connectivity index (χ0v) is 14.4. The number of fused-ring (bicyclic) bond motifs is 1. The van der Waals surface area contributed by atoms with Gasteiger partial charge < -0.3 is 4.74 Å². The van der Waals surface area contributed by atoms with E-state index in [1.165, 1.54) is 0 Å². The molecule has 1 spiro atoms. The van der Waals surface area contributed by atoms with Crippen LogP contribution in [0.3, 0.4) is 0 Å². The van der Waals surface area contributed by atoms with Crippen LogP contribution in [0, 0.1) is 11.6 Å². The molecule has 0 saturated carbocycles. The highest BCUT2D eigenvalue weighted by Crippen LogP contribution is 2.40. The van der Waals surface area contributed by atoms with Crippen molar-refractivity contribution in [2.45, 2.75) is 23.3 Å². The van der Waals surface area contributed by atoms with Crippen molar-refractivity contribution in [3.8, 4) is 5.75 Å². The van der Waals surface area contributed by atoms with Gasteiger partial charge in [0.2, 0.25) is 10.0 Å². The topological polar surface area (TPSA) is 63.7 Å². The molecule has 26 heavy (non-hydrogen) atoms. The number of para-hydroxylation sites is 1. The molecule has 1 unspecified atom stereocenters. The molecule has 2 aliphatic heterocycles. The van der Waals surface area contributed by atoms with Crippen LogP contribution >= 0.6 is 0 Å². The van der Waals surface area contributed by atoms with Crippen LogP contribution in [0.15, 0.2) is 47.4 Å². The summed E-state index contributed by atoms with van der Waals surface area (Å²) in [4.78, 5) is 11.7. The SMILES string of the molecule is O=C1CC2(CCN(S(=O)(=O)c3cc(F)ccc3F)C2)Oc2ccccc21. The van der Waals surface area contributed by atoms with Crippen LogP contribution in [0.1, 0.15) is 23.2 Å². The van der Waals surface area contributed by atoms with Gasteiger partial charge in [-0.05, 0) is 30.3 Å². The number of nitrogens with zero attached hydrogens (tertiary/aromatic N) is 1. The molecule has 136 valence electrons. The summed E-state index contributed by atoms with van der Waals surface area (Å²) >= 11 is 0. The normalized spacial score (nSPS) is 23.1. The Morgan fingerprint density at radius 3 is 2.69 bits per heavy atom. The van der Waals surface area contributed by atoms with E-state index in [-0.39, 0.29) is 25.3 Å². The number of hydrogen-bond donors (Lipinski definition) is 0. The molecule has 2 aromatic rings. The number of sulfonamides is 1. The van der Waals surface area contributed by atoms with Crippen molar-refractivity contribution in [2.24, 2.45) is 0 Å². The molecule has 0 bridgehead atoms. The number of ether oxygens (including phenoxy) is 1. The Balaban J connectivity index is 1.65. The van der Waals surface area contributed by atoms with Gasteiger partial charge in [-0.2, -0.15) is 4.31 Å². The van der Waals surface area contributed by atoms with E-state index in [0.29, 0.717) is 23.8 Å². The van der Waals surface area contributed by atoms with Gasteiger partial charge >= 0.3 is 0 Å². The molecule has 0 aromatic heterocycles. The van der Waals surface area contributed by atoms with E-state index < -0.39 is 32.2 Å². The van der Waals surface area contributed by atoms with Crippen molar-refractivity contribution in [1.82, 2.24) is 4.31 Å². The number of hydrogen-bond acceptors (Lipinski definition) is 4. The number of carbonyl (C=O) groups excluding carboxylic acids is 1. The summed E-state index contributed by atoms with van der Waals surface area (Å²) in [5, 5.41) is 0. The van der Waals surface area contributed by atoms with Gasteiger partial charge in [0.15, 0.2) is 5.78 Å². The zero-order chi connectivity index (χ0) is 18.5. The lowest BCUT2D eigenvalue weighted by Crippen LogP contribution is -2.45. The van der Waals surface area contributed by atoms with Gasteiger partial charge in [0, 0.05) is 13.0 Å². The minimum absolute atomic E-state index is 0.0433. The first-order valence-corrected chi connectivity index (χ1v) is 9.51. The van der Waals surface area contributed by atoms with Crippen molar-refractivity contribution in [3.63, 3.8) is 0 Å². The highest BCUT2D eigenvalue weighted by Gasteiger charge is 2.49. The third-order valence-electron chi connectivity index (χ3n) is 4.79. The number of halogens is 2. The molecule has 2 aliphatic rings. The molecule has 2 aromatic carbocycles. The number of ketones is 1. The van der Waals surface area contributed by atoms with Crippen LogP contribution in [0.4, 0.5) is 8.78 Å². The lowest BCUT2D eigenvalue weighted by Gasteiger charge is -2.34. The fraction of sp³-hybridized carbons (Fsp3) is 0.278. The molecule has 0 N–H and O–H groups in total. The van der Waals surface area contributed by atoms with Gasteiger partial charge in [0.25, 0.3) is 0 Å². The van der Waals surface area contributed by atoms with E-state index in [2.05, 4.69) is 0 Å². The summed E-state index contributed by atoms with van der Waals surface area (Å²) in [5.74, 6) is -1.56. The first-order chi connectivity index (χ1) is 12.3. The smallest absolute Gasteiger partial charge is 0.246 e. The Morgan fingerprint density at radius 1 is 1.12 bits per heavy atom. The highest BCUT2D eigenvalue weighted by molar-refractivity contribution is 7.89. The van der Waals surface area contributed by atoms with Crippen LogP contribution in [0.25, 0.3) is 0 Å². The van der Waals surface area contributed by atoms with E-state index in [9.17, 15) is 22.0 Å². The summed E-state index contributed by atoms with van der Waals surface area (Å²) in [6, 6.07) is 9.10. The molecule has 4 rings (SSSR count). The molecule has 8 heteroatoms. The third-order valence-corrected chi connectivity index (χ3v) is 6.65. The van der Waals surface area contributed by atoms with Gasteiger partial charge in [0.1, 0.15) is 27.9 Å². The zero-order valence-electron chi connectivity index (χ0n) is 13.6. The highest BCUT2D eigenvalue weighted by atomic mass is 32.2. The number of rotatable bonds is 2. The molecular weight excluding hydrogens is 364 g/mol. The van der Waals surface area contributed by atoms with E-state index in [4.69, 9.17) is 4.74 Å². The van der Waals surface area contributed by atoms with Gasteiger partial charge in [0.05, 0.1) is 18.5 Å². The summed E-state index contributed by atoms with van der Waals surface area (Å²) < 4.78 is 59.9. The van der Waals surface area contributed by atoms with Gasteiger partial charge in [-0.25, -0.2) is 17.2 Å². The van der Waals surface area contributed by atoms with Crippen molar-refractivity contribution in [2.75, 3.05) is 13.1 Å². The summed E-state index contributed by atoms with van der Waals surface area (Å²) in [7, 11) is -4.24. The molecule has 0 radical (unpaired) electrons. The van der Waals surface area contributed by atoms with Crippen molar-refractivity contribution >= 4 is 15.8 Å². The molecule has 1 atom stereocenters. The second-order valence-corrected chi connectivity index (χ2v) is 8.45. The van der Waals surface area contributed by atoms with E-state index in [1.807, 2.05) is 0 Å². The number of Topliss-reactive ketones (excluding diaryl/α,β-unsaturated/α-hetero) is 1. The van der Waals surface area contributed by atoms with E-state index in [1.54, 1.807) is 24.3 Å². The van der Waals surface area contributed by atoms with Crippen LogP contribution in [0.5, 0.6) is 5.75 Å². The molecule has 0 amide bonds. The van der Waals surface area contributed by atoms with Crippen LogP contribution in [0.2, 0.25) is 0 Å². The predicted octanol–water partition coefficient (Wildman–Crippen LogP) is 2.76. The predicted molar refractivity (Wildman–Crippen MR) is 88.5 cm³/mol. The maximum absolute atomic E-state index is 14.0. The Hall–Kier alpha value is -2.32. The summed E-state index contributed by atoms with van der Waals surface area (Å²) in [5.41, 5.74) is -0.516. The monoisotopic (exact) mass is 379 g/mol. The quantitative estimate of drug-likeness (QED) is 0.805. The molecular formula is C18H15F2NO4S. The average molecular weight is 379 g/mol. The second-order valence-electron chi connectivity index (χ2n) is 6.54. The molecule has 1 fully saturated rings. The lowest BCUT2D eigenvalue weighted by molar-refractivity contribution is 0.0498. The summed E-state index contributed by atoms with van der Waals surface area (Å²) in [6.07, 6.45) is 0.338. The average Bonchev–Trinajstić information content (AvgIpc) is 3.01. The minimum atomic E-state index is -4.24. The molecule has 5 nitrogen and oxygen atoms in total. The van der Waals surface area contributed by atoms with Gasteiger partial charge in [-0.1, -0.05) is 12.1 Å². The Morgan fingerprint density at radius 2 is 1.88 bits per heavy atom. The molecule has 2 heterocycles. The van der Waals surface area contributed by atoms with Crippen LogP contribution in [-0.4, -0.2) is 37.2 Å². The Labute approximate surface area is 149 Å². The number of carbonyl (C=O) groups is 1. The van der Waals surface area contributed by atoms with Crippen molar-refractivity contribution < 1.29 is 26.7 Å². The standard InChI is InChI=1S/C18H15F2NO4S/c19-12-5-6-14(20)17(9-12)26(23,24)21-8-7-18(11-21)10-15(22)13-3-1-2-4-16(13)25-18/h1-6,9H,7-8,10-11H2. The van der Waals surface area contributed by atoms with Crippen LogP contribution in [-0.2, 0) is 10.0 Å². The third kappa shape index (κ3) is 2.69. The van der Waals surface area contributed by atoms with Gasteiger partial charge in [-0.15, -0.1) is 0 Å². The first-order valence-electron chi connectivity index (χ1n) is 8.07. The molecule has 1 saturated heterocycles. The maximum atomic E-state index is 14.0. The van der Waals surface area contributed by atoms with Gasteiger partial charge in [-0.3, -0.25) is 4.79 Å². The minimum Gasteiger partial charge on any atom is -0.485 e. The second kappa shape index (κ2) is 5.85. The molecule has 0 aliphatic carbocycles. The largest absolute Gasteiger partial charge is 0.485 e. The van der Waals surface area contributed by atoms with Crippen molar-refractivity contribution in [3.05, 3.63) is 59.7 Å². The lowest BCUT2D eigenvalue weighted by atomic mass is 9.89. The Bertz CT molecular complexity index is 1010. The summed E-state index contributed by atoms with van der Waals surface area (Å²) in [6.45, 7) is -0.0287. The maximum Gasteiger partial charge on any atom is 0.246 e. The van der Waals surface area contributed by atoms with Crippen LogP contribution < -0.4 is 4.74 Å². The fourth-order valence-electron chi connectivity index (χ4n) is 3.50. The van der Waals surface area contributed by atoms with Crippen molar-refractivity contribution in [1.29, 1.82) is 0 Å². The van der Waals surface area contributed by atoms with E-state index >= 15 is 0 Å². The first kappa shape index (κ1) is 17.1. The number of benzene rings is 2. The van der Waals surface area contributed by atoms with E-state index in [0.717, 1.165) is 16.4 Å².